The van der Waals surface area contributed by atoms with E-state index in [1.165, 1.54) is 0 Å². The molecule has 2 rings (SSSR count). The first kappa shape index (κ1) is 13.7. The predicted octanol–water partition coefficient (Wildman–Crippen LogP) is 4.36. The summed E-state index contributed by atoms with van der Waals surface area (Å²) in [6, 6.07) is 12.3. The summed E-state index contributed by atoms with van der Waals surface area (Å²) in [6.07, 6.45) is 0.0171. The molecule has 0 fully saturated rings. The Morgan fingerprint density at radius 1 is 1.00 bits per heavy atom. The van der Waals surface area contributed by atoms with Crippen LogP contribution < -0.4 is 5.32 Å². The monoisotopic (exact) mass is 295 g/mol. The zero-order valence-corrected chi connectivity index (χ0v) is 11.4. The highest BCUT2D eigenvalue weighted by molar-refractivity contribution is 6.35. The number of nitrogens with one attached hydrogen (secondary N) is 1. The summed E-state index contributed by atoms with van der Waals surface area (Å²) >= 11 is 11.8. The molecule has 0 atom stereocenters. The molecule has 3 nitrogen and oxygen atoms in total. The second kappa shape index (κ2) is 5.95. The van der Waals surface area contributed by atoms with Crippen molar-refractivity contribution in [2.24, 2.45) is 0 Å². The third-order valence-corrected chi connectivity index (χ3v) is 2.90. The molecule has 0 aliphatic rings. The minimum absolute atomic E-state index is 0.0171. The van der Waals surface area contributed by atoms with Crippen LogP contribution in [0.4, 0.5) is 11.4 Å². The van der Waals surface area contributed by atoms with Gasteiger partial charge in [-0.05, 0) is 35.9 Å². The maximum Gasteiger partial charge on any atom is 0.307 e. The van der Waals surface area contributed by atoms with E-state index in [1.54, 1.807) is 30.3 Å². The molecular formula is C14H11Cl2NO2. The number of carboxylic acids is 1. The number of hydrogen-bond donors (Lipinski definition) is 2. The van der Waals surface area contributed by atoms with Gasteiger partial charge in [0.2, 0.25) is 0 Å². The van der Waals surface area contributed by atoms with Crippen LogP contribution in [0.5, 0.6) is 0 Å². The molecule has 0 aliphatic heterocycles. The molecular weight excluding hydrogens is 285 g/mol. The molecule has 0 amide bonds. The van der Waals surface area contributed by atoms with Crippen molar-refractivity contribution in [3.63, 3.8) is 0 Å². The Kier molecular flexibility index (Phi) is 4.30. The minimum Gasteiger partial charge on any atom is -0.481 e. The number of aliphatic carboxylic acids is 1. The number of carbonyl (C=O) groups is 1. The van der Waals surface area contributed by atoms with Gasteiger partial charge in [-0.3, -0.25) is 4.79 Å². The van der Waals surface area contributed by atoms with Crippen molar-refractivity contribution < 1.29 is 9.90 Å². The van der Waals surface area contributed by atoms with Crippen molar-refractivity contribution in [3.8, 4) is 0 Å². The van der Waals surface area contributed by atoms with Gasteiger partial charge >= 0.3 is 5.97 Å². The molecule has 0 spiro atoms. The van der Waals surface area contributed by atoms with Gasteiger partial charge in [-0.15, -0.1) is 0 Å². The molecule has 0 saturated heterocycles. The first-order valence-corrected chi connectivity index (χ1v) is 6.32. The van der Waals surface area contributed by atoms with Gasteiger partial charge in [-0.25, -0.2) is 0 Å². The van der Waals surface area contributed by atoms with Gasteiger partial charge in [0.05, 0.1) is 6.42 Å². The Morgan fingerprint density at radius 3 is 2.11 bits per heavy atom. The Hall–Kier alpha value is -1.71. The zero-order chi connectivity index (χ0) is 13.8. The molecule has 0 saturated carbocycles. The van der Waals surface area contributed by atoms with E-state index in [4.69, 9.17) is 28.3 Å². The Morgan fingerprint density at radius 2 is 1.58 bits per heavy atom. The molecule has 2 N–H and O–H groups in total. The summed E-state index contributed by atoms with van der Waals surface area (Å²) in [6.45, 7) is 0. The largest absolute Gasteiger partial charge is 0.481 e. The number of hydrogen-bond acceptors (Lipinski definition) is 2. The molecule has 0 bridgehead atoms. The SMILES string of the molecule is O=C(O)Cc1ccc(Nc2cc(Cl)cc(Cl)c2)cc1. The first-order chi connectivity index (χ1) is 9.02. The van der Waals surface area contributed by atoms with Gasteiger partial charge in [0.1, 0.15) is 0 Å². The van der Waals surface area contributed by atoms with Crippen molar-refractivity contribution in [2.45, 2.75) is 6.42 Å². The summed E-state index contributed by atoms with van der Waals surface area (Å²) in [7, 11) is 0. The predicted molar refractivity (Wildman–Crippen MR) is 77.5 cm³/mol. The van der Waals surface area contributed by atoms with Gasteiger partial charge in [-0.2, -0.15) is 0 Å². The van der Waals surface area contributed by atoms with Crippen LogP contribution >= 0.6 is 23.2 Å². The lowest BCUT2D eigenvalue weighted by atomic mass is 10.1. The van der Waals surface area contributed by atoms with Crippen molar-refractivity contribution in [1.29, 1.82) is 0 Å². The van der Waals surface area contributed by atoms with Crippen LogP contribution in [0.2, 0.25) is 10.0 Å². The van der Waals surface area contributed by atoms with Gasteiger partial charge in [0.15, 0.2) is 0 Å². The van der Waals surface area contributed by atoms with E-state index in [9.17, 15) is 4.79 Å². The van der Waals surface area contributed by atoms with E-state index >= 15 is 0 Å². The molecule has 0 heterocycles. The summed E-state index contributed by atoms with van der Waals surface area (Å²) in [5.74, 6) is -0.845. The highest BCUT2D eigenvalue weighted by Gasteiger charge is 2.02. The van der Waals surface area contributed by atoms with Crippen molar-refractivity contribution >= 4 is 40.5 Å². The van der Waals surface area contributed by atoms with Gasteiger partial charge in [0.25, 0.3) is 0 Å². The maximum absolute atomic E-state index is 10.6. The second-order valence-electron chi connectivity index (χ2n) is 4.05. The van der Waals surface area contributed by atoms with Crippen molar-refractivity contribution in [2.75, 3.05) is 5.32 Å². The maximum atomic E-state index is 10.6. The van der Waals surface area contributed by atoms with Crippen LogP contribution in [-0.2, 0) is 11.2 Å². The normalized spacial score (nSPS) is 10.2. The smallest absolute Gasteiger partial charge is 0.307 e. The lowest BCUT2D eigenvalue weighted by Crippen LogP contribution is -1.99. The highest BCUT2D eigenvalue weighted by Crippen LogP contribution is 2.25. The van der Waals surface area contributed by atoms with Gasteiger partial charge < -0.3 is 10.4 Å². The van der Waals surface area contributed by atoms with Crippen LogP contribution in [0.25, 0.3) is 0 Å². The van der Waals surface area contributed by atoms with Crippen LogP contribution in [-0.4, -0.2) is 11.1 Å². The molecule has 0 unspecified atom stereocenters. The minimum atomic E-state index is -0.845. The molecule has 2 aromatic rings. The summed E-state index contributed by atoms with van der Waals surface area (Å²) in [5, 5.41) is 12.9. The summed E-state index contributed by atoms with van der Waals surface area (Å²) < 4.78 is 0. The average molecular weight is 296 g/mol. The third-order valence-electron chi connectivity index (χ3n) is 2.46. The second-order valence-corrected chi connectivity index (χ2v) is 4.92. The lowest BCUT2D eigenvalue weighted by molar-refractivity contribution is -0.136. The van der Waals surface area contributed by atoms with E-state index < -0.39 is 5.97 Å². The van der Waals surface area contributed by atoms with Crippen molar-refractivity contribution in [1.82, 2.24) is 0 Å². The highest BCUT2D eigenvalue weighted by atomic mass is 35.5. The number of rotatable bonds is 4. The van der Waals surface area contributed by atoms with Gasteiger partial charge in [-0.1, -0.05) is 35.3 Å². The topological polar surface area (TPSA) is 49.3 Å². The number of benzene rings is 2. The fraction of sp³-hybridized carbons (Fsp3) is 0.0714. The van der Waals surface area contributed by atoms with E-state index in [0.29, 0.717) is 10.0 Å². The Balaban J connectivity index is 2.12. The summed E-state index contributed by atoms with van der Waals surface area (Å²) in [4.78, 5) is 10.6. The molecule has 5 heteroatoms. The van der Waals surface area contributed by atoms with Crippen molar-refractivity contribution in [3.05, 3.63) is 58.1 Å². The lowest BCUT2D eigenvalue weighted by Gasteiger charge is -2.08. The van der Waals surface area contributed by atoms with Crippen LogP contribution in [0.15, 0.2) is 42.5 Å². The van der Waals surface area contributed by atoms with E-state index in [1.807, 2.05) is 12.1 Å². The number of halogens is 2. The molecule has 0 aromatic heterocycles. The Bertz CT molecular complexity index is 577. The number of anilines is 2. The van der Waals surface area contributed by atoms with E-state index in [0.717, 1.165) is 16.9 Å². The fourth-order valence-electron chi connectivity index (χ4n) is 1.67. The Labute approximate surface area is 120 Å². The van der Waals surface area contributed by atoms with Crippen LogP contribution in [0, 0.1) is 0 Å². The number of carboxylic acid groups (broad SMARTS) is 1. The molecule has 0 radical (unpaired) electrons. The first-order valence-electron chi connectivity index (χ1n) is 5.57. The third kappa shape index (κ3) is 4.16. The van der Waals surface area contributed by atoms with E-state index in [-0.39, 0.29) is 6.42 Å². The quantitative estimate of drug-likeness (QED) is 0.881. The zero-order valence-electron chi connectivity index (χ0n) is 9.86. The molecule has 19 heavy (non-hydrogen) atoms. The molecule has 2 aromatic carbocycles. The molecule has 0 aliphatic carbocycles. The standard InChI is InChI=1S/C14H11Cl2NO2/c15-10-6-11(16)8-13(7-10)17-12-3-1-9(2-4-12)5-14(18)19/h1-4,6-8,17H,5H2,(H,18,19). The summed E-state index contributed by atoms with van der Waals surface area (Å²) in [5.41, 5.74) is 2.37. The van der Waals surface area contributed by atoms with Crippen LogP contribution in [0.1, 0.15) is 5.56 Å². The van der Waals surface area contributed by atoms with Gasteiger partial charge in [0, 0.05) is 21.4 Å². The fourth-order valence-corrected chi connectivity index (χ4v) is 2.20. The average Bonchev–Trinajstić information content (AvgIpc) is 2.29. The van der Waals surface area contributed by atoms with E-state index in [2.05, 4.69) is 5.32 Å². The molecule has 98 valence electrons. The van der Waals surface area contributed by atoms with Crippen LogP contribution in [0.3, 0.4) is 0 Å².